The lowest BCUT2D eigenvalue weighted by Gasteiger charge is -2.41. The molecule has 6 nitrogen and oxygen atoms in total. The number of piperazine rings is 1. The molecule has 1 heterocycles. The zero-order valence-corrected chi connectivity index (χ0v) is 19.5. The predicted molar refractivity (Wildman–Crippen MR) is 124 cm³/mol. The summed E-state index contributed by atoms with van der Waals surface area (Å²) in [6.07, 6.45) is -0.199. The molecule has 0 unspecified atom stereocenters. The molecular formula is C24H35N2O4P. The van der Waals surface area contributed by atoms with Crippen LogP contribution >= 0.6 is 7.60 Å². The average molecular weight is 447 g/mol. The Labute approximate surface area is 186 Å². The first-order valence-electron chi connectivity index (χ1n) is 11.2. The maximum Gasteiger partial charge on any atom is 0.331 e. The first-order valence-corrected chi connectivity index (χ1v) is 12.9. The molecular weight excluding hydrogens is 411 g/mol. The van der Waals surface area contributed by atoms with Crippen molar-refractivity contribution in [3.63, 3.8) is 0 Å². The second kappa shape index (κ2) is 11.9. The van der Waals surface area contributed by atoms with E-state index in [-0.39, 0.29) is 6.04 Å². The molecule has 7 heteroatoms. The fraction of sp³-hybridized carbons (Fsp3) is 0.500. The molecule has 0 aromatic heterocycles. The van der Waals surface area contributed by atoms with Gasteiger partial charge in [0.25, 0.3) is 0 Å². The largest absolute Gasteiger partial charge is 0.386 e. The Hall–Kier alpha value is -1.53. The standard InChI is InChI=1S/C24H35N2O4P/c1-3-29-31(28,30-4-2)20-19-25-15-17-26(18-16-25)23(21-11-7-5-8-12-21)24(27)22-13-9-6-10-14-22/h5-14,23-24,27H,3-4,15-20H2,1-2H3/t23-,24+/m1/s1. The van der Waals surface area contributed by atoms with Gasteiger partial charge in [0.05, 0.1) is 31.5 Å². The van der Waals surface area contributed by atoms with Crippen LogP contribution in [0.25, 0.3) is 0 Å². The third-order valence-electron chi connectivity index (χ3n) is 5.72. The van der Waals surface area contributed by atoms with Crippen molar-refractivity contribution in [2.45, 2.75) is 26.0 Å². The van der Waals surface area contributed by atoms with Crippen molar-refractivity contribution < 1.29 is 18.7 Å². The Morgan fingerprint density at radius 3 is 1.90 bits per heavy atom. The maximum atomic E-state index is 12.7. The van der Waals surface area contributed by atoms with Crippen molar-refractivity contribution in [2.24, 2.45) is 0 Å². The van der Waals surface area contributed by atoms with Gasteiger partial charge in [0.1, 0.15) is 0 Å². The van der Waals surface area contributed by atoms with E-state index in [0.717, 1.165) is 37.3 Å². The summed E-state index contributed by atoms with van der Waals surface area (Å²) >= 11 is 0. The molecule has 3 rings (SSSR count). The summed E-state index contributed by atoms with van der Waals surface area (Å²) in [5.74, 6) is 0. The minimum Gasteiger partial charge on any atom is -0.386 e. The number of benzene rings is 2. The van der Waals surface area contributed by atoms with Crippen molar-refractivity contribution in [3.05, 3.63) is 71.8 Å². The van der Waals surface area contributed by atoms with E-state index in [1.807, 2.05) is 62.4 Å². The van der Waals surface area contributed by atoms with E-state index < -0.39 is 13.7 Å². The van der Waals surface area contributed by atoms with Crippen LogP contribution in [0.1, 0.15) is 37.1 Å². The molecule has 2 atom stereocenters. The average Bonchev–Trinajstić information content (AvgIpc) is 2.80. The minimum absolute atomic E-state index is 0.108. The number of hydrogen-bond donors (Lipinski definition) is 1. The molecule has 31 heavy (non-hydrogen) atoms. The van der Waals surface area contributed by atoms with Crippen molar-refractivity contribution in [1.29, 1.82) is 0 Å². The summed E-state index contributed by atoms with van der Waals surface area (Å²) < 4.78 is 23.6. The van der Waals surface area contributed by atoms with Crippen LogP contribution in [0.15, 0.2) is 60.7 Å². The molecule has 1 N–H and O–H groups in total. The smallest absolute Gasteiger partial charge is 0.331 e. The third kappa shape index (κ3) is 6.72. The SMILES string of the molecule is CCOP(=O)(CCN1CCN([C@H](c2ccccc2)[C@@H](O)c2ccccc2)CC1)OCC. The molecule has 1 aliphatic heterocycles. The molecule has 0 spiro atoms. The normalized spacial score (nSPS) is 18.0. The lowest BCUT2D eigenvalue weighted by atomic mass is 9.94. The van der Waals surface area contributed by atoms with E-state index >= 15 is 0 Å². The Balaban J connectivity index is 1.65. The zero-order valence-electron chi connectivity index (χ0n) is 18.6. The molecule has 2 aromatic carbocycles. The Morgan fingerprint density at radius 2 is 1.39 bits per heavy atom. The van der Waals surface area contributed by atoms with Crippen LogP contribution in [0.5, 0.6) is 0 Å². The molecule has 1 fully saturated rings. The van der Waals surface area contributed by atoms with Gasteiger partial charge in [-0.25, -0.2) is 0 Å². The van der Waals surface area contributed by atoms with Crippen LogP contribution in [-0.4, -0.2) is 67.0 Å². The first kappa shape index (κ1) is 24.1. The second-order valence-electron chi connectivity index (χ2n) is 7.76. The Morgan fingerprint density at radius 1 is 0.871 bits per heavy atom. The molecule has 1 saturated heterocycles. The summed E-state index contributed by atoms with van der Waals surface area (Å²) in [5.41, 5.74) is 2.04. The highest BCUT2D eigenvalue weighted by Crippen LogP contribution is 2.47. The summed E-state index contributed by atoms with van der Waals surface area (Å²) in [6, 6.07) is 20.0. The van der Waals surface area contributed by atoms with Crippen molar-refractivity contribution in [3.8, 4) is 0 Å². The van der Waals surface area contributed by atoms with Gasteiger partial charge in [0.2, 0.25) is 0 Å². The molecule has 0 aliphatic carbocycles. The Kier molecular flexibility index (Phi) is 9.27. The van der Waals surface area contributed by atoms with Gasteiger partial charge in [-0.2, -0.15) is 0 Å². The number of aliphatic hydroxyl groups excluding tert-OH is 1. The van der Waals surface area contributed by atoms with E-state index in [9.17, 15) is 9.67 Å². The van der Waals surface area contributed by atoms with Crippen molar-refractivity contribution >= 4 is 7.60 Å². The minimum atomic E-state index is -3.02. The van der Waals surface area contributed by atoms with Gasteiger partial charge < -0.3 is 19.1 Å². The highest BCUT2D eigenvalue weighted by atomic mass is 31.2. The monoisotopic (exact) mass is 446 g/mol. The van der Waals surface area contributed by atoms with E-state index in [1.165, 1.54) is 0 Å². The lowest BCUT2D eigenvalue weighted by Crippen LogP contribution is -2.49. The fourth-order valence-corrected chi connectivity index (χ4v) is 5.81. The summed E-state index contributed by atoms with van der Waals surface area (Å²) in [5, 5.41) is 11.3. The van der Waals surface area contributed by atoms with Gasteiger partial charge >= 0.3 is 7.60 Å². The molecule has 1 aliphatic rings. The number of aliphatic hydroxyl groups is 1. The molecule has 0 bridgehead atoms. The van der Waals surface area contributed by atoms with E-state index in [2.05, 4.69) is 21.9 Å². The lowest BCUT2D eigenvalue weighted by molar-refractivity contribution is 0.0174. The first-order chi connectivity index (χ1) is 15.1. The summed E-state index contributed by atoms with van der Waals surface area (Å²) in [4.78, 5) is 4.66. The predicted octanol–water partition coefficient (Wildman–Crippen LogP) is 4.35. The molecule has 0 amide bonds. The molecule has 0 radical (unpaired) electrons. The number of rotatable bonds is 11. The van der Waals surface area contributed by atoms with Crippen LogP contribution < -0.4 is 0 Å². The zero-order chi connectivity index (χ0) is 22.1. The highest BCUT2D eigenvalue weighted by molar-refractivity contribution is 7.53. The summed E-state index contributed by atoms with van der Waals surface area (Å²) in [6.45, 7) is 8.50. The topological polar surface area (TPSA) is 62.2 Å². The van der Waals surface area contributed by atoms with Crippen molar-refractivity contribution in [1.82, 2.24) is 9.80 Å². The summed E-state index contributed by atoms with van der Waals surface area (Å²) in [7, 11) is -3.02. The van der Waals surface area contributed by atoms with Gasteiger partial charge in [-0.05, 0) is 25.0 Å². The van der Waals surface area contributed by atoms with Crippen LogP contribution in [0, 0.1) is 0 Å². The van der Waals surface area contributed by atoms with E-state index in [4.69, 9.17) is 9.05 Å². The fourth-order valence-electron chi connectivity index (χ4n) is 4.16. The second-order valence-corrected chi connectivity index (χ2v) is 9.94. The molecule has 170 valence electrons. The van der Waals surface area contributed by atoms with Gasteiger partial charge in [-0.3, -0.25) is 9.46 Å². The van der Waals surface area contributed by atoms with E-state index in [1.54, 1.807) is 0 Å². The van der Waals surface area contributed by atoms with Crippen molar-refractivity contribution in [2.75, 3.05) is 52.1 Å². The van der Waals surface area contributed by atoms with Crippen LogP contribution in [0.4, 0.5) is 0 Å². The van der Waals surface area contributed by atoms with Gasteiger partial charge in [0.15, 0.2) is 0 Å². The highest BCUT2D eigenvalue weighted by Gasteiger charge is 2.32. The number of hydrogen-bond acceptors (Lipinski definition) is 6. The Bertz CT molecular complexity index is 803. The number of nitrogens with zero attached hydrogens (tertiary/aromatic N) is 2. The van der Waals surface area contributed by atoms with E-state index in [0.29, 0.717) is 25.9 Å². The maximum absolute atomic E-state index is 12.7. The quantitative estimate of drug-likeness (QED) is 0.518. The van der Waals surface area contributed by atoms with Gasteiger partial charge in [-0.15, -0.1) is 0 Å². The third-order valence-corrected chi connectivity index (χ3v) is 7.77. The molecule has 0 saturated carbocycles. The molecule has 2 aromatic rings. The van der Waals surface area contributed by atoms with Crippen LogP contribution in [0.3, 0.4) is 0 Å². The van der Waals surface area contributed by atoms with Crippen LogP contribution in [-0.2, 0) is 13.6 Å². The van der Waals surface area contributed by atoms with Gasteiger partial charge in [-0.1, -0.05) is 60.7 Å². The van der Waals surface area contributed by atoms with Gasteiger partial charge in [0, 0.05) is 32.7 Å². The van der Waals surface area contributed by atoms with Crippen LogP contribution in [0.2, 0.25) is 0 Å².